The van der Waals surface area contributed by atoms with Crippen molar-refractivity contribution in [2.75, 3.05) is 0 Å². The molecule has 0 saturated carbocycles. The molecule has 0 aliphatic carbocycles. The average Bonchev–Trinajstić information content (AvgIpc) is 3.26. The molecule has 4 aromatic rings. The second-order valence-corrected chi connectivity index (χ2v) is 4.97. The maximum absolute atomic E-state index is 5.33. The van der Waals surface area contributed by atoms with Crippen molar-refractivity contribution in [3.05, 3.63) is 73.0 Å². The van der Waals surface area contributed by atoms with E-state index in [-0.39, 0.29) is 0 Å². The minimum Gasteiger partial charge on any atom is -0.337 e. The molecular formula is C17H13N5O. The maximum Gasteiger partial charge on any atom is 0.247 e. The highest BCUT2D eigenvalue weighted by molar-refractivity contribution is 5.55. The second kappa shape index (κ2) is 5.84. The zero-order chi connectivity index (χ0) is 15.5. The maximum atomic E-state index is 5.33. The Balaban J connectivity index is 1.61. The van der Waals surface area contributed by atoms with Gasteiger partial charge in [-0.2, -0.15) is 4.98 Å². The van der Waals surface area contributed by atoms with Crippen molar-refractivity contribution in [3.8, 4) is 22.9 Å². The Morgan fingerprint density at radius 1 is 0.913 bits per heavy atom. The Morgan fingerprint density at radius 3 is 2.61 bits per heavy atom. The molecule has 112 valence electrons. The van der Waals surface area contributed by atoms with Crippen LogP contribution in [0.4, 0.5) is 0 Å². The number of imidazole rings is 1. The lowest BCUT2D eigenvalue weighted by Crippen LogP contribution is -2.01. The second-order valence-electron chi connectivity index (χ2n) is 4.97. The molecule has 0 N–H and O–H groups in total. The van der Waals surface area contributed by atoms with Crippen molar-refractivity contribution in [3.63, 3.8) is 0 Å². The summed E-state index contributed by atoms with van der Waals surface area (Å²) in [5.41, 5.74) is 1.73. The van der Waals surface area contributed by atoms with Crippen LogP contribution in [-0.4, -0.2) is 24.7 Å². The van der Waals surface area contributed by atoms with Gasteiger partial charge in [0.1, 0.15) is 18.1 Å². The Hall–Kier alpha value is -3.28. The van der Waals surface area contributed by atoms with Crippen LogP contribution in [0.5, 0.6) is 0 Å². The first-order chi connectivity index (χ1) is 11.4. The fourth-order valence-electron chi connectivity index (χ4n) is 2.35. The van der Waals surface area contributed by atoms with Gasteiger partial charge in [-0.25, -0.2) is 4.98 Å². The molecule has 0 aliphatic heterocycles. The number of pyridine rings is 1. The van der Waals surface area contributed by atoms with E-state index in [4.69, 9.17) is 4.52 Å². The lowest BCUT2D eigenvalue weighted by Gasteiger charge is -2.04. The van der Waals surface area contributed by atoms with Gasteiger partial charge < -0.3 is 9.09 Å². The number of nitrogens with zero attached hydrogens (tertiary/aromatic N) is 5. The molecule has 6 nitrogen and oxygen atoms in total. The fourth-order valence-corrected chi connectivity index (χ4v) is 2.35. The Morgan fingerprint density at radius 2 is 1.78 bits per heavy atom. The van der Waals surface area contributed by atoms with Crippen LogP contribution in [0.1, 0.15) is 5.89 Å². The number of hydrogen-bond acceptors (Lipinski definition) is 5. The average molecular weight is 303 g/mol. The van der Waals surface area contributed by atoms with Crippen molar-refractivity contribution in [2.45, 2.75) is 6.54 Å². The van der Waals surface area contributed by atoms with Gasteiger partial charge in [0.15, 0.2) is 0 Å². The summed E-state index contributed by atoms with van der Waals surface area (Å²) in [6.07, 6.45) is 5.36. The van der Waals surface area contributed by atoms with Crippen LogP contribution in [0.3, 0.4) is 0 Å². The largest absolute Gasteiger partial charge is 0.337 e. The standard InChI is InChI=1S/C17H13N5O/c1-2-6-13(7-3-1)17-19-10-11-22(17)12-15-20-16(21-23-15)14-8-4-5-9-18-14/h1-11H,12H2. The molecule has 3 aromatic heterocycles. The SMILES string of the molecule is c1ccc(-c2nccn2Cc2nc(-c3ccccn3)no2)cc1. The van der Waals surface area contributed by atoms with Crippen molar-refractivity contribution in [2.24, 2.45) is 0 Å². The normalized spacial score (nSPS) is 10.8. The van der Waals surface area contributed by atoms with Crippen molar-refractivity contribution >= 4 is 0 Å². The molecule has 0 radical (unpaired) electrons. The minimum absolute atomic E-state index is 0.462. The van der Waals surface area contributed by atoms with Crippen LogP contribution < -0.4 is 0 Å². The molecule has 0 spiro atoms. The predicted octanol–water partition coefficient (Wildman–Crippen LogP) is 3.04. The van der Waals surface area contributed by atoms with Gasteiger partial charge in [-0.1, -0.05) is 41.6 Å². The van der Waals surface area contributed by atoms with Crippen molar-refractivity contribution < 1.29 is 4.52 Å². The van der Waals surface area contributed by atoms with Crippen LogP contribution in [0.2, 0.25) is 0 Å². The third-order valence-electron chi connectivity index (χ3n) is 3.42. The van der Waals surface area contributed by atoms with Crippen LogP contribution in [0.15, 0.2) is 71.6 Å². The molecule has 0 fully saturated rings. The quantitative estimate of drug-likeness (QED) is 0.579. The molecule has 6 heteroatoms. The Labute approximate surface area is 132 Å². The van der Waals surface area contributed by atoms with Gasteiger partial charge in [-0.3, -0.25) is 4.98 Å². The first kappa shape index (κ1) is 13.4. The molecule has 0 saturated heterocycles. The van der Waals surface area contributed by atoms with Crippen molar-refractivity contribution in [1.29, 1.82) is 0 Å². The monoisotopic (exact) mass is 303 g/mol. The smallest absolute Gasteiger partial charge is 0.247 e. The summed E-state index contributed by atoms with van der Waals surface area (Å²) in [5.74, 6) is 1.87. The first-order valence-electron chi connectivity index (χ1n) is 7.21. The summed E-state index contributed by atoms with van der Waals surface area (Å²) >= 11 is 0. The van der Waals surface area contributed by atoms with Crippen LogP contribution >= 0.6 is 0 Å². The summed E-state index contributed by atoms with van der Waals surface area (Å²) in [7, 11) is 0. The van der Waals surface area contributed by atoms with Crippen LogP contribution in [-0.2, 0) is 6.54 Å². The fraction of sp³-hybridized carbons (Fsp3) is 0.0588. The number of aromatic nitrogens is 5. The third kappa shape index (κ3) is 2.74. The van der Waals surface area contributed by atoms with E-state index in [1.54, 1.807) is 12.4 Å². The summed E-state index contributed by atoms with van der Waals surface area (Å²) < 4.78 is 7.31. The van der Waals surface area contributed by atoms with Gasteiger partial charge in [-0.15, -0.1) is 0 Å². The molecule has 0 aliphatic rings. The van der Waals surface area contributed by atoms with Gasteiger partial charge in [0, 0.05) is 24.2 Å². The molecule has 0 amide bonds. The Bertz CT molecular complexity index is 899. The summed E-state index contributed by atoms with van der Waals surface area (Å²) in [6, 6.07) is 15.6. The highest BCUT2D eigenvalue weighted by atomic mass is 16.5. The van der Waals surface area contributed by atoms with E-state index < -0.39 is 0 Å². The van der Waals surface area contributed by atoms with Gasteiger partial charge in [0.05, 0.1) is 0 Å². The zero-order valence-corrected chi connectivity index (χ0v) is 12.2. The number of hydrogen-bond donors (Lipinski definition) is 0. The van der Waals surface area contributed by atoms with Crippen LogP contribution in [0.25, 0.3) is 22.9 Å². The van der Waals surface area contributed by atoms with E-state index in [0.717, 1.165) is 11.4 Å². The zero-order valence-electron chi connectivity index (χ0n) is 12.2. The number of rotatable bonds is 4. The van der Waals surface area contributed by atoms with Crippen LogP contribution in [0, 0.1) is 0 Å². The highest BCUT2D eigenvalue weighted by Crippen LogP contribution is 2.18. The molecule has 1 aromatic carbocycles. The molecule has 0 unspecified atom stereocenters. The van der Waals surface area contributed by atoms with E-state index in [9.17, 15) is 0 Å². The molecular weight excluding hydrogens is 290 g/mol. The molecule has 4 rings (SSSR count). The predicted molar refractivity (Wildman–Crippen MR) is 84.3 cm³/mol. The Kier molecular flexibility index (Phi) is 3.40. The van der Waals surface area contributed by atoms with Gasteiger partial charge in [0.2, 0.25) is 11.7 Å². The summed E-state index contributed by atoms with van der Waals surface area (Å²) in [5, 5.41) is 3.99. The minimum atomic E-state index is 0.462. The molecule has 0 atom stereocenters. The first-order valence-corrected chi connectivity index (χ1v) is 7.21. The van der Waals surface area contributed by atoms with E-state index in [0.29, 0.717) is 24.0 Å². The summed E-state index contributed by atoms with van der Waals surface area (Å²) in [4.78, 5) is 13.0. The lowest BCUT2D eigenvalue weighted by molar-refractivity contribution is 0.372. The topological polar surface area (TPSA) is 69.6 Å². The lowest BCUT2D eigenvalue weighted by atomic mass is 10.2. The van der Waals surface area contributed by atoms with Gasteiger partial charge in [-0.05, 0) is 12.1 Å². The van der Waals surface area contributed by atoms with E-state index in [1.807, 2.05) is 59.3 Å². The van der Waals surface area contributed by atoms with Crippen molar-refractivity contribution in [1.82, 2.24) is 24.7 Å². The van der Waals surface area contributed by atoms with Gasteiger partial charge in [0.25, 0.3) is 0 Å². The summed E-state index contributed by atoms with van der Waals surface area (Å²) in [6.45, 7) is 0.462. The molecule has 23 heavy (non-hydrogen) atoms. The van der Waals surface area contributed by atoms with E-state index >= 15 is 0 Å². The molecule has 3 heterocycles. The van der Waals surface area contributed by atoms with E-state index in [1.165, 1.54) is 0 Å². The molecule has 0 bridgehead atoms. The van der Waals surface area contributed by atoms with Gasteiger partial charge >= 0.3 is 0 Å². The third-order valence-corrected chi connectivity index (χ3v) is 3.42. The highest BCUT2D eigenvalue weighted by Gasteiger charge is 2.12. The number of benzene rings is 1. The van der Waals surface area contributed by atoms with E-state index in [2.05, 4.69) is 20.1 Å².